The Morgan fingerprint density at radius 2 is 1.70 bits per heavy atom. The molecular formula is C25H31F3N2O7. The van der Waals surface area contributed by atoms with Crippen molar-refractivity contribution in [3.63, 3.8) is 0 Å². The molecule has 2 fully saturated rings. The summed E-state index contributed by atoms with van der Waals surface area (Å²) in [5.41, 5.74) is -3.84. The summed E-state index contributed by atoms with van der Waals surface area (Å²) in [6.45, 7) is 8.16. The van der Waals surface area contributed by atoms with Gasteiger partial charge in [-0.15, -0.1) is 0 Å². The van der Waals surface area contributed by atoms with Crippen molar-refractivity contribution in [1.29, 1.82) is 0 Å². The lowest BCUT2D eigenvalue weighted by atomic mass is 9.88. The Labute approximate surface area is 212 Å². The Balaban J connectivity index is 1.93. The van der Waals surface area contributed by atoms with Crippen LogP contribution in [-0.2, 0) is 30.0 Å². The van der Waals surface area contributed by atoms with Gasteiger partial charge in [0.2, 0.25) is 0 Å². The van der Waals surface area contributed by atoms with E-state index < -0.39 is 70.6 Å². The molecule has 2 amide bonds. The molecule has 0 spiro atoms. The van der Waals surface area contributed by atoms with E-state index in [1.807, 2.05) is 0 Å². The molecule has 0 heterocycles. The van der Waals surface area contributed by atoms with Gasteiger partial charge in [0, 0.05) is 23.9 Å². The van der Waals surface area contributed by atoms with E-state index in [-0.39, 0.29) is 25.2 Å². The summed E-state index contributed by atoms with van der Waals surface area (Å²) in [7, 11) is 0. The molecule has 2 N–H and O–H groups in total. The van der Waals surface area contributed by atoms with Gasteiger partial charge in [0.05, 0.1) is 24.7 Å². The minimum Gasteiger partial charge on any atom is -0.466 e. The van der Waals surface area contributed by atoms with Crippen molar-refractivity contribution in [3.05, 3.63) is 35.4 Å². The third kappa shape index (κ3) is 5.99. The van der Waals surface area contributed by atoms with E-state index in [1.165, 1.54) is 6.07 Å². The maximum absolute atomic E-state index is 13.2. The van der Waals surface area contributed by atoms with Crippen LogP contribution in [0.1, 0.15) is 57.0 Å². The molecule has 5 atom stereocenters. The third-order valence-electron chi connectivity index (χ3n) is 6.34. The zero-order valence-electron chi connectivity index (χ0n) is 21.2. The highest BCUT2D eigenvalue weighted by Crippen LogP contribution is 2.63. The van der Waals surface area contributed by atoms with Crippen LogP contribution in [0.4, 0.5) is 18.0 Å². The maximum Gasteiger partial charge on any atom is 0.416 e. The number of hydrogen-bond acceptors (Lipinski definition) is 7. The smallest absolute Gasteiger partial charge is 0.416 e. The predicted octanol–water partition coefficient (Wildman–Crippen LogP) is 3.46. The Morgan fingerprint density at radius 3 is 2.27 bits per heavy atom. The van der Waals surface area contributed by atoms with Crippen molar-refractivity contribution < 1.29 is 46.6 Å². The predicted molar refractivity (Wildman–Crippen MR) is 123 cm³/mol. The zero-order valence-corrected chi connectivity index (χ0v) is 21.2. The van der Waals surface area contributed by atoms with Crippen molar-refractivity contribution >= 4 is 23.9 Å². The zero-order chi connectivity index (χ0) is 27.8. The molecule has 204 valence electrons. The summed E-state index contributed by atoms with van der Waals surface area (Å²) in [6.07, 6.45) is -5.71. The number of benzene rings is 1. The molecule has 2 saturated carbocycles. The van der Waals surface area contributed by atoms with Gasteiger partial charge in [-0.2, -0.15) is 13.2 Å². The third-order valence-corrected chi connectivity index (χ3v) is 6.34. The number of fused-ring (bicyclic) bond motifs is 1. The maximum atomic E-state index is 13.2. The molecule has 3 rings (SSSR count). The number of halogens is 3. The second-order valence-corrected chi connectivity index (χ2v) is 10.1. The molecule has 9 nitrogen and oxygen atoms in total. The van der Waals surface area contributed by atoms with Crippen molar-refractivity contribution in [2.45, 2.75) is 64.4 Å². The first-order chi connectivity index (χ1) is 17.1. The largest absolute Gasteiger partial charge is 0.466 e. The molecule has 0 aliphatic heterocycles. The van der Waals surface area contributed by atoms with Crippen molar-refractivity contribution in [3.8, 4) is 0 Å². The SMILES string of the molecule is CCOC(=O)C1C2C(NC(=O)c3cccc(C(F)(F)F)c3)CC(NC(=O)OC(C)(C)C)(C(=O)OCC)C12. The second kappa shape index (κ2) is 10.2. The highest BCUT2D eigenvalue weighted by molar-refractivity contribution is 5.96. The molecule has 1 aromatic carbocycles. The van der Waals surface area contributed by atoms with E-state index in [0.29, 0.717) is 0 Å². The normalized spacial score (nSPS) is 26.5. The number of amides is 2. The highest BCUT2D eigenvalue weighted by atomic mass is 19.4. The van der Waals surface area contributed by atoms with Crippen LogP contribution in [0.25, 0.3) is 0 Å². The van der Waals surface area contributed by atoms with E-state index in [1.54, 1.807) is 34.6 Å². The van der Waals surface area contributed by atoms with E-state index in [9.17, 15) is 32.3 Å². The van der Waals surface area contributed by atoms with Crippen LogP contribution >= 0.6 is 0 Å². The van der Waals surface area contributed by atoms with Gasteiger partial charge in [0.1, 0.15) is 11.1 Å². The Morgan fingerprint density at radius 1 is 1.05 bits per heavy atom. The lowest BCUT2D eigenvalue weighted by Crippen LogP contribution is -2.59. The number of nitrogens with one attached hydrogen (secondary N) is 2. The summed E-state index contributed by atoms with van der Waals surface area (Å²) in [5.74, 6) is -4.48. The van der Waals surface area contributed by atoms with Crippen molar-refractivity contribution in [2.75, 3.05) is 13.2 Å². The first-order valence-electron chi connectivity index (χ1n) is 12.0. The molecule has 0 saturated heterocycles. The van der Waals surface area contributed by atoms with Gasteiger partial charge in [0.25, 0.3) is 5.91 Å². The van der Waals surface area contributed by atoms with Crippen molar-refractivity contribution in [2.24, 2.45) is 17.8 Å². The molecule has 0 bridgehead atoms. The van der Waals surface area contributed by atoms with Gasteiger partial charge in [0.15, 0.2) is 0 Å². The fraction of sp³-hybridized carbons (Fsp3) is 0.600. The quantitative estimate of drug-likeness (QED) is 0.411. The van der Waals surface area contributed by atoms with Gasteiger partial charge < -0.3 is 24.8 Å². The van der Waals surface area contributed by atoms with Gasteiger partial charge in [-0.05, 0) is 58.7 Å². The number of hydrogen-bond donors (Lipinski definition) is 2. The Bertz CT molecular complexity index is 1070. The van der Waals surface area contributed by atoms with Gasteiger partial charge in [-0.3, -0.25) is 9.59 Å². The summed E-state index contributed by atoms with van der Waals surface area (Å²) in [4.78, 5) is 51.6. The summed E-state index contributed by atoms with van der Waals surface area (Å²) < 4.78 is 55.1. The van der Waals surface area contributed by atoms with Gasteiger partial charge in [-0.1, -0.05) is 6.07 Å². The van der Waals surface area contributed by atoms with Crippen LogP contribution in [0.3, 0.4) is 0 Å². The average molecular weight is 529 g/mol. The van der Waals surface area contributed by atoms with Gasteiger partial charge in [-0.25, -0.2) is 9.59 Å². The number of rotatable bonds is 7. The highest BCUT2D eigenvalue weighted by Gasteiger charge is 2.76. The second-order valence-electron chi connectivity index (χ2n) is 10.1. The molecule has 1 aromatic rings. The van der Waals surface area contributed by atoms with Crippen LogP contribution in [0, 0.1) is 17.8 Å². The number of carbonyl (C=O) groups excluding carboxylic acids is 4. The van der Waals surface area contributed by atoms with Crippen LogP contribution in [0.15, 0.2) is 24.3 Å². The number of ether oxygens (including phenoxy) is 3. The molecule has 12 heteroatoms. The van der Waals surface area contributed by atoms with E-state index >= 15 is 0 Å². The standard InChI is InChI=1S/C25H31F3N2O7/c1-6-35-20(32)17-16-15(29-19(31)13-9-8-10-14(11-13)25(26,27)28)12-24(18(16)17,21(33)36-7-2)30-22(34)37-23(3,4)5/h8-11,15-18H,6-7,12H2,1-5H3,(H,29,31)(H,30,34). The fourth-order valence-electron chi connectivity index (χ4n) is 5.02. The number of carbonyl (C=O) groups is 4. The molecule has 37 heavy (non-hydrogen) atoms. The van der Waals surface area contributed by atoms with Crippen LogP contribution in [0.5, 0.6) is 0 Å². The van der Waals surface area contributed by atoms with Crippen LogP contribution in [-0.4, -0.2) is 54.3 Å². The summed E-state index contributed by atoms with van der Waals surface area (Å²) in [5, 5.41) is 5.23. The molecule has 0 radical (unpaired) electrons. The summed E-state index contributed by atoms with van der Waals surface area (Å²) in [6, 6.07) is 3.05. The van der Waals surface area contributed by atoms with Crippen LogP contribution < -0.4 is 10.6 Å². The lowest BCUT2D eigenvalue weighted by Gasteiger charge is -2.33. The molecule has 0 aromatic heterocycles. The molecular weight excluding hydrogens is 497 g/mol. The Kier molecular flexibility index (Phi) is 7.80. The number of alkyl carbamates (subject to hydrolysis) is 1. The fourth-order valence-corrected chi connectivity index (χ4v) is 5.02. The Hall–Kier alpha value is -3.31. The minimum absolute atomic E-state index is 0.0146. The first kappa shape index (κ1) is 28.3. The first-order valence-corrected chi connectivity index (χ1v) is 12.0. The van der Waals surface area contributed by atoms with E-state index in [2.05, 4.69) is 10.6 Å². The van der Waals surface area contributed by atoms with E-state index in [0.717, 1.165) is 18.2 Å². The number of esters is 2. The minimum atomic E-state index is -4.64. The molecule has 2 aliphatic rings. The lowest BCUT2D eigenvalue weighted by molar-refractivity contribution is -0.153. The average Bonchev–Trinajstić information content (AvgIpc) is 3.45. The molecule has 2 aliphatic carbocycles. The summed E-state index contributed by atoms with van der Waals surface area (Å²) >= 11 is 0. The monoisotopic (exact) mass is 528 g/mol. The molecule has 5 unspecified atom stereocenters. The van der Waals surface area contributed by atoms with Crippen molar-refractivity contribution in [1.82, 2.24) is 10.6 Å². The van der Waals surface area contributed by atoms with Crippen LogP contribution in [0.2, 0.25) is 0 Å². The number of alkyl halides is 3. The van der Waals surface area contributed by atoms with E-state index in [4.69, 9.17) is 14.2 Å². The van der Waals surface area contributed by atoms with Gasteiger partial charge >= 0.3 is 24.2 Å². The topological polar surface area (TPSA) is 120 Å².